The molecule has 6 nitrogen and oxygen atoms in total. The van der Waals surface area contributed by atoms with E-state index in [1.165, 1.54) is 0 Å². The van der Waals surface area contributed by atoms with E-state index in [4.69, 9.17) is 9.47 Å². The zero-order chi connectivity index (χ0) is 26.1. The lowest BCUT2D eigenvalue weighted by Crippen LogP contribution is -2.36. The standard InChI is InChI=1S/C30H30N2O4S/c1-17-7-10-21(11-8-17)32-30(34)27-18(2)31-22-14-20(19-9-12-24(35-3)25(16-19)36-4)15-23(33)28(22)29(27)26-6-5-13-37-26/h5-13,16,20,29,31H,14-15H2,1-4H3,(H,32,34)/t20-,29-/m0/s1. The Labute approximate surface area is 221 Å². The molecule has 2 N–H and O–H groups in total. The first-order valence-electron chi connectivity index (χ1n) is 12.3. The second-order valence-corrected chi connectivity index (χ2v) is 10.4. The predicted molar refractivity (Wildman–Crippen MR) is 146 cm³/mol. The van der Waals surface area contributed by atoms with Crippen molar-refractivity contribution in [3.63, 3.8) is 0 Å². The molecule has 0 saturated heterocycles. The zero-order valence-corrected chi connectivity index (χ0v) is 22.2. The third-order valence-electron chi connectivity index (χ3n) is 7.09. The van der Waals surface area contributed by atoms with Gasteiger partial charge in [-0.3, -0.25) is 9.59 Å². The number of anilines is 1. The minimum Gasteiger partial charge on any atom is -0.493 e. The number of carbonyl (C=O) groups is 2. The van der Waals surface area contributed by atoms with Gasteiger partial charge in [0.15, 0.2) is 17.3 Å². The van der Waals surface area contributed by atoms with E-state index in [9.17, 15) is 9.59 Å². The molecule has 0 unspecified atom stereocenters. The lowest BCUT2D eigenvalue weighted by molar-refractivity contribution is -0.116. The Morgan fingerprint density at radius 2 is 1.76 bits per heavy atom. The second kappa shape index (κ2) is 10.3. The van der Waals surface area contributed by atoms with Gasteiger partial charge in [0, 0.05) is 39.5 Å². The van der Waals surface area contributed by atoms with Crippen LogP contribution in [0.2, 0.25) is 0 Å². The molecule has 7 heteroatoms. The van der Waals surface area contributed by atoms with E-state index in [0.29, 0.717) is 35.5 Å². The molecule has 0 saturated carbocycles. The molecule has 2 atom stereocenters. The summed E-state index contributed by atoms with van der Waals surface area (Å²) < 4.78 is 10.9. The Hall–Kier alpha value is -3.84. The number of nitrogens with one attached hydrogen (secondary N) is 2. The van der Waals surface area contributed by atoms with Crippen LogP contribution in [-0.4, -0.2) is 25.9 Å². The number of amides is 1. The lowest BCUT2D eigenvalue weighted by atomic mass is 9.73. The average molecular weight is 515 g/mol. The molecule has 1 amide bonds. The van der Waals surface area contributed by atoms with Gasteiger partial charge < -0.3 is 20.1 Å². The van der Waals surface area contributed by atoms with Crippen LogP contribution >= 0.6 is 11.3 Å². The number of aryl methyl sites for hydroxylation is 1. The van der Waals surface area contributed by atoms with Crippen LogP contribution in [0.4, 0.5) is 5.69 Å². The highest BCUT2D eigenvalue weighted by molar-refractivity contribution is 7.10. The summed E-state index contributed by atoms with van der Waals surface area (Å²) in [6.45, 7) is 3.92. The Morgan fingerprint density at radius 1 is 1.00 bits per heavy atom. The van der Waals surface area contributed by atoms with Crippen LogP contribution in [0.25, 0.3) is 0 Å². The molecule has 0 spiro atoms. The fourth-order valence-electron chi connectivity index (χ4n) is 5.26. The largest absolute Gasteiger partial charge is 0.493 e. The molecule has 2 aromatic carbocycles. The van der Waals surface area contributed by atoms with E-state index in [0.717, 1.165) is 33.1 Å². The molecule has 0 fully saturated rings. The van der Waals surface area contributed by atoms with E-state index in [1.54, 1.807) is 25.6 Å². The number of rotatable bonds is 6. The van der Waals surface area contributed by atoms with Gasteiger partial charge in [0.25, 0.3) is 5.91 Å². The van der Waals surface area contributed by atoms with Crippen LogP contribution < -0.4 is 20.1 Å². The first kappa shape index (κ1) is 24.8. The van der Waals surface area contributed by atoms with Crippen LogP contribution in [0.1, 0.15) is 47.6 Å². The molecule has 2 aliphatic rings. The molecule has 3 aromatic rings. The number of benzene rings is 2. The van der Waals surface area contributed by atoms with E-state index in [1.807, 2.05) is 73.8 Å². The third kappa shape index (κ3) is 4.79. The van der Waals surface area contributed by atoms with Crippen molar-refractivity contribution < 1.29 is 19.1 Å². The first-order valence-corrected chi connectivity index (χ1v) is 13.1. The van der Waals surface area contributed by atoms with Gasteiger partial charge in [-0.2, -0.15) is 0 Å². The number of carbonyl (C=O) groups excluding carboxylic acids is 2. The van der Waals surface area contributed by atoms with E-state index >= 15 is 0 Å². The van der Waals surface area contributed by atoms with Crippen LogP contribution in [-0.2, 0) is 9.59 Å². The highest BCUT2D eigenvalue weighted by Gasteiger charge is 2.41. The number of ketones is 1. The third-order valence-corrected chi connectivity index (χ3v) is 8.03. The van der Waals surface area contributed by atoms with Gasteiger partial charge in [0.1, 0.15) is 0 Å². The molecule has 37 heavy (non-hydrogen) atoms. The number of dihydropyridines is 1. The van der Waals surface area contributed by atoms with E-state index in [2.05, 4.69) is 10.6 Å². The van der Waals surface area contributed by atoms with Gasteiger partial charge in [-0.05, 0) is 67.5 Å². The Morgan fingerprint density at radius 3 is 2.43 bits per heavy atom. The van der Waals surface area contributed by atoms with Gasteiger partial charge in [-0.15, -0.1) is 11.3 Å². The number of ether oxygens (including phenoxy) is 2. The number of thiophene rings is 1. The SMILES string of the molecule is COc1ccc([C@@H]2CC(=O)C3=C(C2)NC(C)=C(C(=O)Nc2ccc(C)cc2)[C@@H]3c2cccs2)cc1OC. The van der Waals surface area contributed by atoms with Crippen molar-refractivity contribution in [2.45, 2.75) is 38.5 Å². The fourth-order valence-corrected chi connectivity index (χ4v) is 6.10. The number of allylic oxidation sites excluding steroid dienone is 3. The molecule has 1 aliphatic heterocycles. The summed E-state index contributed by atoms with van der Waals surface area (Å²) in [5, 5.41) is 8.47. The van der Waals surface area contributed by atoms with Gasteiger partial charge in [0.05, 0.1) is 20.1 Å². The smallest absolute Gasteiger partial charge is 0.254 e. The van der Waals surface area contributed by atoms with Crippen LogP contribution in [0.3, 0.4) is 0 Å². The highest BCUT2D eigenvalue weighted by atomic mass is 32.1. The van der Waals surface area contributed by atoms with E-state index < -0.39 is 5.92 Å². The van der Waals surface area contributed by atoms with Crippen molar-refractivity contribution in [3.05, 3.63) is 98.5 Å². The summed E-state index contributed by atoms with van der Waals surface area (Å²) in [5.41, 5.74) is 5.80. The van der Waals surface area contributed by atoms with Crippen molar-refractivity contribution in [1.82, 2.24) is 5.32 Å². The van der Waals surface area contributed by atoms with Crippen molar-refractivity contribution in [3.8, 4) is 11.5 Å². The summed E-state index contributed by atoms with van der Waals surface area (Å²) in [6, 6.07) is 17.5. The number of Topliss-reactive ketones (excluding diaryl/α,β-unsaturated/α-hetero) is 1. The molecule has 1 aromatic heterocycles. The van der Waals surface area contributed by atoms with Gasteiger partial charge in [-0.1, -0.05) is 29.8 Å². The molecule has 190 valence electrons. The van der Waals surface area contributed by atoms with Crippen molar-refractivity contribution in [2.24, 2.45) is 0 Å². The molecule has 0 bridgehead atoms. The quantitative estimate of drug-likeness (QED) is 0.417. The van der Waals surface area contributed by atoms with E-state index in [-0.39, 0.29) is 17.6 Å². The van der Waals surface area contributed by atoms with Crippen LogP contribution in [0.5, 0.6) is 11.5 Å². The summed E-state index contributed by atoms with van der Waals surface area (Å²) in [4.78, 5) is 28.4. The lowest BCUT2D eigenvalue weighted by Gasteiger charge is -2.36. The Kier molecular flexibility index (Phi) is 6.89. The van der Waals surface area contributed by atoms with Crippen LogP contribution in [0.15, 0.2) is 82.5 Å². The molecule has 0 radical (unpaired) electrons. The van der Waals surface area contributed by atoms with Crippen LogP contribution in [0, 0.1) is 6.92 Å². The predicted octanol–water partition coefficient (Wildman–Crippen LogP) is 6.07. The summed E-state index contributed by atoms with van der Waals surface area (Å²) in [7, 11) is 3.22. The van der Waals surface area contributed by atoms with Crippen molar-refractivity contribution in [1.29, 1.82) is 0 Å². The normalized spacial score (nSPS) is 19.3. The number of hydrogen-bond acceptors (Lipinski definition) is 6. The summed E-state index contributed by atoms with van der Waals surface area (Å²) in [6.07, 6.45) is 1.03. The maximum absolute atomic E-state index is 13.8. The first-order chi connectivity index (χ1) is 17.9. The highest BCUT2D eigenvalue weighted by Crippen LogP contribution is 2.47. The Balaban J connectivity index is 1.50. The summed E-state index contributed by atoms with van der Waals surface area (Å²) in [5.74, 6) is 0.754. The Bertz CT molecular complexity index is 1400. The molecule has 2 heterocycles. The number of hydrogen-bond donors (Lipinski definition) is 2. The van der Waals surface area contributed by atoms with Gasteiger partial charge in [-0.25, -0.2) is 0 Å². The maximum atomic E-state index is 13.8. The summed E-state index contributed by atoms with van der Waals surface area (Å²) >= 11 is 1.57. The molecule has 5 rings (SSSR count). The number of methoxy groups -OCH3 is 2. The maximum Gasteiger partial charge on any atom is 0.254 e. The molecular formula is C30H30N2O4S. The second-order valence-electron chi connectivity index (χ2n) is 9.47. The minimum absolute atomic E-state index is 0.00160. The topological polar surface area (TPSA) is 76.7 Å². The van der Waals surface area contributed by atoms with Gasteiger partial charge >= 0.3 is 0 Å². The monoisotopic (exact) mass is 514 g/mol. The zero-order valence-electron chi connectivity index (χ0n) is 21.4. The van der Waals surface area contributed by atoms with Crippen molar-refractivity contribution in [2.75, 3.05) is 19.5 Å². The van der Waals surface area contributed by atoms with Gasteiger partial charge in [0.2, 0.25) is 0 Å². The molecular weight excluding hydrogens is 484 g/mol. The fraction of sp³-hybridized carbons (Fsp3) is 0.267. The van der Waals surface area contributed by atoms with Crippen molar-refractivity contribution >= 4 is 28.7 Å². The average Bonchev–Trinajstić information content (AvgIpc) is 3.43. The molecule has 1 aliphatic carbocycles. The minimum atomic E-state index is -0.402.